The van der Waals surface area contributed by atoms with Gasteiger partial charge in [-0.25, -0.2) is 9.18 Å². The number of halogens is 1. The zero-order valence-corrected chi connectivity index (χ0v) is 19.7. The number of benzene rings is 1. The van der Waals surface area contributed by atoms with Gasteiger partial charge in [0, 0.05) is 67.3 Å². The number of furan rings is 1. The minimum atomic E-state index is -0.425. The number of ether oxygens (including phenoxy) is 1. The first-order valence-corrected chi connectivity index (χ1v) is 11.7. The third kappa shape index (κ3) is 3.56. The van der Waals surface area contributed by atoms with Crippen molar-refractivity contribution >= 4 is 22.1 Å². The largest absolute Gasteiger partial charge is 0.452 e. The van der Waals surface area contributed by atoms with Crippen LogP contribution in [-0.4, -0.2) is 41.8 Å². The first-order valence-electron chi connectivity index (χ1n) is 11.7. The Morgan fingerprint density at radius 2 is 1.86 bits per heavy atom. The molecule has 10 heteroatoms. The lowest BCUT2D eigenvalue weighted by Gasteiger charge is -2.30. The van der Waals surface area contributed by atoms with Gasteiger partial charge < -0.3 is 9.15 Å². The zero-order valence-electron chi connectivity index (χ0n) is 19.7. The van der Waals surface area contributed by atoms with E-state index in [0.717, 1.165) is 6.42 Å². The molecule has 0 unspecified atom stereocenters. The van der Waals surface area contributed by atoms with Gasteiger partial charge in [-0.15, -0.1) is 0 Å². The number of aromatic nitrogens is 6. The van der Waals surface area contributed by atoms with E-state index in [0.29, 0.717) is 63.9 Å². The minimum Gasteiger partial charge on any atom is -0.452 e. The lowest BCUT2D eigenvalue weighted by atomic mass is 10.00. The number of rotatable bonds is 4. The van der Waals surface area contributed by atoms with E-state index >= 15 is 4.39 Å². The van der Waals surface area contributed by atoms with E-state index in [1.54, 1.807) is 58.9 Å². The van der Waals surface area contributed by atoms with Crippen LogP contribution in [0, 0.1) is 5.82 Å². The number of hydrogen-bond acceptors (Lipinski definition) is 6. The van der Waals surface area contributed by atoms with Gasteiger partial charge in [-0.2, -0.15) is 15.2 Å². The second-order valence-electron chi connectivity index (χ2n) is 9.11. The minimum absolute atomic E-state index is 0.0651. The summed E-state index contributed by atoms with van der Waals surface area (Å²) in [5.74, 6) is -0.425. The molecule has 0 aliphatic carbocycles. The Bertz CT molecular complexity index is 1630. The van der Waals surface area contributed by atoms with Crippen LogP contribution >= 0.6 is 0 Å². The van der Waals surface area contributed by atoms with Gasteiger partial charge in [0.2, 0.25) is 0 Å². The first-order chi connectivity index (χ1) is 16.9. The van der Waals surface area contributed by atoms with Crippen LogP contribution < -0.4 is 5.69 Å². The maximum Gasteiger partial charge on any atom is 0.349 e. The molecular weight excluding hydrogens is 451 g/mol. The summed E-state index contributed by atoms with van der Waals surface area (Å²) in [5.41, 5.74) is 3.14. The molecule has 0 spiro atoms. The Balaban J connectivity index is 1.68. The third-order valence-corrected chi connectivity index (χ3v) is 6.78. The molecule has 5 aromatic rings. The normalized spacial score (nSPS) is 18.6. The molecule has 0 saturated carbocycles. The summed E-state index contributed by atoms with van der Waals surface area (Å²) < 4.78 is 32.2. The van der Waals surface area contributed by atoms with Gasteiger partial charge in [-0.1, -0.05) is 6.92 Å². The van der Waals surface area contributed by atoms with Crippen molar-refractivity contribution in [3.8, 4) is 22.4 Å². The van der Waals surface area contributed by atoms with E-state index in [4.69, 9.17) is 9.15 Å². The molecule has 1 aliphatic rings. The molecule has 0 N–H and O–H groups in total. The SMILES string of the molecule is CC[C@H]1C[C@@H](n2c(=O)nc(-c3cnn(C)c3)c3oc4cc(F)c(-c5cnn(C)c5)cc4c32)CCO1. The van der Waals surface area contributed by atoms with Crippen LogP contribution in [0.2, 0.25) is 0 Å². The van der Waals surface area contributed by atoms with E-state index in [-0.39, 0.29) is 17.8 Å². The highest BCUT2D eigenvalue weighted by Gasteiger charge is 2.29. The van der Waals surface area contributed by atoms with Crippen molar-refractivity contribution in [2.75, 3.05) is 6.61 Å². The lowest BCUT2D eigenvalue weighted by molar-refractivity contribution is -0.00709. The van der Waals surface area contributed by atoms with E-state index < -0.39 is 5.82 Å². The second-order valence-corrected chi connectivity index (χ2v) is 9.11. The Hall–Kier alpha value is -3.79. The van der Waals surface area contributed by atoms with E-state index in [1.165, 1.54) is 6.07 Å². The molecule has 0 amide bonds. The van der Waals surface area contributed by atoms with Crippen LogP contribution in [-0.2, 0) is 18.8 Å². The number of aryl methyl sites for hydroxylation is 2. The van der Waals surface area contributed by atoms with Crippen LogP contribution in [0.4, 0.5) is 4.39 Å². The summed E-state index contributed by atoms with van der Waals surface area (Å²) in [7, 11) is 3.58. The van der Waals surface area contributed by atoms with Crippen molar-refractivity contribution in [1.82, 2.24) is 29.1 Å². The number of fused-ring (bicyclic) bond motifs is 3. The molecule has 1 aliphatic heterocycles. The lowest BCUT2D eigenvalue weighted by Crippen LogP contribution is -2.34. The highest BCUT2D eigenvalue weighted by atomic mass is 19.1. The molecule has 1 aromatic carbocycles. The van der Waals surface area contributed by atoms with E-state index in [9.17, 15) is 4.79 Å². The molecule has 1 saturated heterocycles. The summed E-state index contributed by atoms with van der Waals surface area (Å²) in [5, 5.41) is 9.07. The van der Waals surface area contributed by atoms with Gasteiger partial charge in [-0.05, 0) is 25.3 Å². The Labute approximate surface area is 199 Å². The van der Waals surface area contributed by atoms with Crippen molar-refractivity contribution < 1.29 is 13.5 Å². The predicted molar refractivity (Wildman–Crippen MR) is 128 cm³/mol. The van der Waals surface area contributed by atoms with Gasteiger partial charge >= 0.3 is 5.69 Å². The summed E-state index contributed by atoms with van der Waals surface area (Å²) in [4.78, 5) is 18.0. The Morgan fingerprint density at radius 1 is 1.11 bits per heavy atom. The number of nitrogens with zero attached hydrogens (tertiary/aromatic N) is 6. The van der Waals surface area contributed by atoms with E-state index in [2.05, 4.69) is 22.1 Å². The van der Waals surface area contributed by atoms with Crippen LogP contribution in [0.1, 0.15) is 32.2 Å². The van der Waals surface area contributed by atoms with Crippen LogP contribution in [0.15, 0.2) is 46.1 Å². The second kappa shape index (κ2) is 8.16. The standard InChI is InChI=1S/C25H25FN6O3/c1-4-17-7-16(5-6-34-17)32-23-19-8-18(14-10-27-30(2)12-14)20(26)9-21(19)35-24(23)22(29-25(32)33)15-11-28-31(3)13-15/h8-13,16-17H,4-7H2,1-3H3/t16-,17-/m0/s1. The number of hydrogen-bond donors (Lipinski definition) is 0. The summed E-state index contributed by atoms with van der Waals surface area (Å²) in [6, 6.07) is 3.01. The Kier molecular flexibility index (Phi) is 5.06. The van der Waals surface area contributed by atoms with Crippen LogP contribution in [0.25, 0.3) is 44.5 Å². The highest BCUT2D eigenvalue weighted by Crippen LogP contribution is 2.39. The average molecular weight is 477 g/mol. The van der Waals surface area contributed by atoms with Crippen molar-refractivity contribution in [2.45, 2.75) is 38.3 Å². The van der Waals surface area contributed by atoms with Gasteiger partial charge in [0.1, 0.15) is 22.6 Å². The molecule has 180 valence electrons. The molecule has 6 rings (SSSR count). The summed E-state index contributed by atoms with van der Waals surface area (Å²) in [6.07, 6.45) is 9.10. The van der Waals surface area contributed by atoms with Crippen molar-refractivity contribution in [3.63, 3.8) is 0 Å². The van der Waals surface area contributed by atoms with Crippen LogP contribution in [0.5, 0.6) is 0 Å². The van der Waals surface area contributed by atoms with Gasteiger partial charge in [0.25, 0.3) is 0 Å². The molecule has 0 bridgehead atoms. The smallest absolute Gasteiger partial charge is 0.349 e. The molecule has 1 fully saturated rings. The quantitative estimate of drug-likeness (QED) is 0.386. The molecule has 2 atom stereocenters. The van der Waals surface area contributed by atoms with Crippen molar-refractivity contribution in [3.05, 3.63) is 53.2 Å². The molecular formula is C25H25FN6O3. The predicted octanol–water partition coefficient (Wildman–Crippen LogP) is 4.21. The maximum absolute atomic E-state index is 15.2. The topological polar surface area (TPSA) is 92.9 Å². The van der Waals surface area contributed by atoms with Gasteiger partial charge in [-0.3, -0.25) is 13.9 Å². The van der Waals surface area contributed by atoms with Crippen molar-refractivity contribution in [2.24, 2.45) is 14.1 Å². The fourth-order valence-electron chi connectivity index (χ4n) is 5.04. The van der Waals surface area contributed by atoms with Gasteiger partial charge in [0.15, 0.2) is 5.58 Å². The fourth-order valence-corrected chi connectivity index (χ4v) is 5.04. The zero-order chi connectivity index (χ0) is 24.3. The average Bonchev–Trinajstić information content (AvgIpc) is 3.56. The first kappa shape index (κ1) is 21.7. The summed E-state index contributed by atoms with van der Waals surface area (Å²) in [6.45, 7) is 2.64. The molecule has 4 aromatic heterocycles. The molecule has 0 radical (unpaired) electrons. The van der Waals surface area contributed by atoms with Crippen molar-refractivity contribution in [1.29, 1.82) is 0 Å². The molecule has 35 heavy (non-hydrogen) atoms. The van der Waals surface area contributed by atoms with E-state index in [1.807, 2.05) is 0 Å². The maximum atomic E-state index is 15.2. The fraction of sp³-hybridized carbons (Fsp3) is 0.360. The van der Waals surface area contributed by atoms with Crippen LogP contribution in [0.3, 0.4) is 0 Å². The molecule has 9 nitrogen and oxygen atoms in total. The monoisotopic (exact) mass is 476 g/mol. The summed E-state index contributed by atoms with van der Waals surface area (Å²) >= 11 is 0. The Morgan fingerprint density at radius 3 is 2.54 bits per heavy atom. The highest BCUT2D eigenvalue weighted by molar-refractivity contribution is 6.08. The molecule has 5 heterocycles. The third-order valence-electron chi connectivity index (χ3n) is 6.78. The van der Waals surface area contributed by atoms with Gasteiger partial charge in [0.05, 0.1) is 18.5 Å².